The summed E-state index contributed by atoms with van der Waals surface area (Å²) in [6.07, 6.45) is 3.71. The van der Waals surface area contributed by atoms with Crippen LogP contribution in [-0.2, 0) is 20.7 Å². The van der Waals surface area contributed by atoms with Crippen LogP contribution in [0.2, 0.25) is 0 Å². The number of carbonyl (C=O) groups is 3. The van der Waals surface area contributed by atoms with Gasteiger partial charge in [0.1, 0.15) is 17.9 Å². The van der Waals surface area contributed by atoms with Crippen LogP contribution in [0.25, 0.3) is 22.2 Å². The van der Waals surface area contributed by atoms with Crippen molar-refractivity contribution in [3.63, 3.8) is 0 Å². The van der Waals surface area contributed by atoms with Crippen LogP contribution in [0, 0.1) is 6.92 Å². The van der Waals surface area contributed by atoms with Crippen LogP contribution in [0.15, 0.2) is 60.9 Å². The standard InChI is InChI=1S/C26H27N5O4/c1-15(26(34)35-3)29-25(33)22(12-17-13-28-21-11-7-6-8-18(17)21)31-24(32)20-10-5-4-9-19(20)23-14-27-16(2)30-23/h4-11,13-15,22,28H,12H2,1-3H3,(H,27,30)(H,29,33)(H,31,32)/t15-,22-/m0/s1. The Hall–Kier alpha value is -4.40. The van der Waals surface area contributed by atoms with Crippen LogP contribution in [0.4, 0.5) is 0 Å². The maximum Gasteiger partial charge on any atom is 0.328 e. The van der Waals surface area contributed by atoms with E-state index >= 15 is 0 Å². The Balaban J connectivity index is 1.63. The van der Waals surface area contributed by atoms with Crippen molar-refractivity contribution >= 4 is 28.7 Å². The molecule has 0 fully saturated rings. The highest BCUT2D eigenvalue weighted by atomic mass is 16.5. The molecule has 0 radical (unpaired) electrons. The Kier molecular flexibility index (Phi) is 6.96. The van der Waals surface area contributed by atoms with E-state index in [4.69, 9.17) is 4.74 Å². The second kappa shape index (κ2) is 10.3. The van der Waals surface area contributed by atoms with Crippen LogP contribution in [0.1, 0.15) is 28.7 Å². The second-order valence-corrected chi connectivity index (χ2v) is 8.27. The Bertz CT molecular complexity index is 1370. The first kappa shape index (κ1) is 23.7. The third-order valence-electron chi connectivity index (χ3n) is 5.80. The summed E-state index contributed by atoms with van der Waals surface area (Å²) in [5.41, 5.74) is 3.55. The lowest BCUT2D eigenvalue weighted by molar-refractivity contribution is -0.144. The monoisotopic (exact) mass is 473 g/mol. The van der Waals surface area contributed by atoms with Gasteiger partial charge in [-0.2, -0.15) is 0 Å². The average Bonchev–Trinajstić information content (AvgIpc) is 3.49. The van der Waals surface area contributed by atoms with Crippen LogP contribution in [-0.4, -0.2) is 51.9 Å². The first-order chi connectivity index (χ1) is 16.9. The van der Waals surface area contributed by atoms with Gasteiger partial charge in [-0.1, -0.05) is 36.4 Å². The number of fused-ring (bicyclic) bond motifs is 1. The van der Waals surface area contributed by atoms with Crippen molar-refractivity contribution in [1.29, 1.82) is 0 Å². The molecule has 0 spiro atoms. The number of benzene rings is 2. The molecule has 2 aromatic heterocycles. The van der Waals surface area contributed by atoms with Gasteiger partial charge in [0, 0.05) is 34.6 Å². The molecule has 4 N–H and O–H groups in total. The molecule has 9 nitrogen and oxygen atoms in total. The second-order valence-electron chi connectivity index (χ2n) is 8.27. The number of hydrogen-bond acceptors (Lipinski definition) is 5. The number of para-hydroxylation sites is 1. The number of aryl methyl sites for hydroxylation is 1. The van der Waals surface area contributed by atoms with Gasteiger partial charge in [-0.25, -0.2) is 9.78 Å². The number of ether oxygens (including phenoxy) is 1. The molecule has 4 aromatic rings. The number of nitrogens with one attached hydrogen (secondary N) is 4. The highest BCUT2D eigenvalue weighted by Gasteiger charge is 2.27. The minimum atomic E-state index is -0.939. The van der Waals surface area contributed by atoms with Crippen molar-refractivity contribution in [1.82, 2.24) is 25.6 Å². The number of esters is 1. The van der Waals surface area contributed by atoms with Crippen molar-refractivity contribution in [2.75, 3.05) is 7.11 Å². The van der Waals surface area contributed by atoms with Gasteiger partial charge in [0.15, 0.2) is 0 Å². The highest BCUT2D eigenvalue weighted by molar-refractivity contribution is 6.03. The van der Waals surface area contributed by atoms with E-state index in [1.807, 2.05) is 49.5 Å². The zero-order chi connectivity index (χ0) is 24.9. The summed E-state index contributed by atoms with van der Waals surface area (Å²) in [5.74, 6) is -0.756. The summed E-state index contributed by atoms with van der Waals surface area (Å²) in [5, 5.41) is 6.46. The van der Waals surface area contributed by atoms with Crippen LogP contribution in [0.5, 0.6) is 0 Å². The number of aromatic amines is 2. The van der Waals surface area contributed by atoms with Crippen molar-refractivity contribution < 1.29 is 19.1 Å². The summed E-state index contributed by atoms with van der Waals surface area (Å²) < 4.78 is 4.72. The largest absolute Gasteiger partial charge is 0.467 e. The molecule has 2 amide bonds. The van der Waals surface area contributed by atoms with E-state index in [0.29, 0.717) is 16.8 Å². The molecular formula is C26H27N5O4. The number of methoxy groups -OCH3 is 1. The molecule has 0 saturated heterocycles. The minimum Gasteiger partial charge on any atom is -0.467 e. The number of carbonyl (C=O) groups excluding carboxylic acids is 3. The first-order valence-electron chi connectivity index (χ1n) is 11.2. The summed E-state index contributed by atoms with van der Waals surface area (Å²) in [4.78, 5) is 49.0. The quantitative estimate of drug-likeness (QED) is 0.293. The van der Waals surface area contributed by atoms with Crippen LogP contribution >= 0.6 is 0 Å². The molecule has 9 heteroatoms. The zero-order valence-corrected chi connectivity index (χ0v) is 19.7. The van der Waals surface area contributed by atoms with Gasteiger partial charge in [0.2, 0.25) is 5.91 Å². The minimum absolute atomic E-state index is 0.223. The van der Waals surface area contributed by atoms with Crippen LogP contribution < -0.4 is 10.6 Å². The molecule has 2 aromatic carbocycles. The lowest BCUT2D eigenvalue weighted by Crippen LogP contribution is -2.52. The fourth-order valence-corrected chi connectivity index (χ4v) is 3.99. The summed E-state index contributed by atoms with van der Waals surface area (Å²) in [6.45, 7) is 3.36. The molecule has 35 heavy (non-hydrogen) atoms. The van der Waals surface area contributed by atoms with Crippen LogP contribution in [0.3, 0.4) is 0 Å². The van der Waals surface area contributed by atoms with E-state index in [2.05, 4.69) is 25.6 Å². The van der Waals surface area contributed by atoms with E-state index in [1.165, 1.54) is 14.0 Å². The summed E-state index contributed by atoms with van der Waals surface area (Å²) in [6, 6.07) is 13.0. The maximum absolute atomic E-state index is 13.4. The molecule has 2 atom stereocenters. The molecule has 0 saturated carbocycles. The number of hydrogen-bond donors (Lipinski definition) is 4. The molecule has 0 unspecified atom stereocenters. The Morgan fingerprint density at radius 3 is 2.54 bits per heavy atom. The Morgan fingerprint density at radius 1 is 1.06 bits per heavy atom. The number of aromatic nitrogens is 3. The Labute approximate surface area is 202 Å². The molecule has 0 aliphatic rings. The molecule has 2 heterocycles. The lowest BCUT2D eigenvalue weighted by Gasteiger charge is -2.21. The Morgan fingerprint density at radius 2 is 1.80 bits per heavy atom. The van der Waals surface area contributed by atoms with Crippen molar-refractivity contribution in [3.05, 3.63) is 77.9 Å². The number of H-pyrrole nitrogens is 2. The number of amides is 2. The average molecular weight is 474 g/mol. The predicted octanol–water partition coefficient (Wildman–Crippen LogP) is 2.89. The van der Waals surface area contributed by atoms with Gasteiger partial charge >= 0.3 is 5.97 Å². The normalized spacial score (nSPS) is 12.7. The number of imidazole rings is 1. The maximum atomic E-state index is 13.4. The number of nitrogens with zero attached hydrogens (tertiary/aromatic N) is 1. The summed E-state index contributed by atoms with van der Waals surface area (Å²) >= 11 is 0. The third-order valence-corrected chi connectivity index (χ3v) is 5.80. The lowest BCUT2D eigenvalue weighted by atomic mass is 10.0. The smallest absolute Gasteiger partial charge is 0.328 e. The molecule has 180 valence electrons. The predicted molar refractivity (Wildman–Crippen MR) is 132 cm³/mol. The highest BCUT2D eigenvalue weighted by Crippen LogP contribution is 2.23. The van der Waals surface area contributed by atoms with Crippen molar-refractivity contribution in [2.45, 2.75) is 32.4 Å². The van der Waals surface area contributed by atoms with Gasteiger partial charge in [-0.05, 0) is 31.5 Å². The van der Waals surface area contributed by atoms with Crippen molar-refractivity contribution in [3.8, 4) is 11.3 Å². The topological polar surface area (TPSA) is 129 Å². The molecule has 4 rings (SSSR count). The molecular weight excluding hydrogens is 446 g/mol. The van der Waals surface area contributed by atoms with E-state index < -0.39 is 29.9 Å². The van der Waals surface area contributed by atoms with E-state index in [1.54, 1.807) is 18.3 Å². The molecule has 0 aliphatic heterocycles. The fraction of sp³-hybridized carbons (Fsp3) is 0.231. The summed E-state index contributed by atoms with van der Waals surface area (Å²) in [7, 11) is 1.25. The van der Waals surface area contributed by atoms with E-state index in [9.17, 15) is 14.4 Å². The third kappa shape index (κ3) is 5.24. The van der Waals surface area contributed by atoms with Gasteiger partial charge in [-0.15, -0.1) is 0 Å². The SMILES string of the molecule is COC(=O)[C@H](C)NC(=O)[C@H](Cc1c[nH]c2ccccc12)NC(=O)c1ccccc1-c1cnc(C)[nH]1. The zero-order valence-electron chi connectivity index (χ0n) is 19.7. The van der Waals surface area contributed by atoms with Gasteiger partial charge in [-0.3, -0.25) is 9.59 Å². The first-order valence-corrected chi connectivity index (χ1v) is 11.2. The van der Waals surface area contributed by atoms with E-state index in [0.717, 1.165) is 22.3 Å². The van der Waals surface area contributed by atoms with Gasteiger partial charge in [0.05, 0.1) is 19.0 Å². The van der Waals surface area contributed by atoms with E-state index in [-0.39, 0.29) is 6.42 Å². The van der Waals surface area contributed by atoms with Gasteiger partial charge < -0.3 is 25.3 Å². The van der Waals surface area contributed by atoms with Gasteiger partial charge in [0.25, 0.3) is 5.91 Å². The number of rotatable bonds is 8. The fourth-order valence-electron chi connectivity index (χ4n) is 3.99. The molecule has 0 aliphatic carbocycles. The molecule has 0 bridgehead atoms. The van der Waals surface area contributed by atoms with Crippen molar-refractivity contribution in [2.24, 2.45) is 0 Å².